The number of hydrogen-bond acceptors (Lipinski definition) is 5. The lowest BCUT2D eigenvalue weighted by Gasteiger charge is -2.14. The first kappa shape index (κ1) is 16.5. The summed E-state index contributed by atoms with van der Waals surface area (Å²) in [7, 11) is 0. The highest BCUT2D eigenvalue weighted by atomic mass is 16.7. The van der Waals surface area contributed by atoms with Gasteiger partial charge in [0.15, 0.2) is 0 Å². The molecule has 0 radical (unpaired) electrons. The normalized spacial score (nSPS) is 12.7. The summed E-state index contributed by atoms with van der Waals surface area (Å²) in [5, 5.41) is 0.478. The van der Waals surface area contributed by atoms with Crippen LogP contribution in [0.25, 0.3) is 0 Å². The smallest absolute Gasteiger partial charge is 0.367 e. The highest BCUT2D eigenvalue weighted by Gasteiger charge is 2.39. The number of ether oxygens (including phenoxy) is 1. The van der Waals surface area contributed by atoms with Gasteiger partial charge in [0.2, 0.25) is 0 Å². The highest BCUT2D eigenvalue weighted by Crippen LogP contribution is 2.28. The first-order chi connectivity index (χ1) is 13.1. The van der Waals surface area contributed by atoms with Crippen molar-refractivity contribution in [2.45, 2.75) is 0 Å². The molecule has 4 rings (SSSR count). The molecule has 0 bridgehead atoms. The van der Waals surface area contributed by atoms with Crippen molar-refractivity contribution in [2.75, 3.05) is 0 Å². The molecule has 3 aromatic rings. The van der Waals surface area contributed by atoms with Gasteiger partial charge in [0.05, 0.1) is 11.1 Å². The maximum absolute atomic E-state index is 12.6. The average molecular weight is 359 g/mol. The Balaban J connectivity index is 1.58. The second-order valence-electron chi connectivity index (χ2n) is 5.74. The van der Waals surface area contributed by atoms with Gasteiger partial charge in [-0.15, -0.1) is 0 Å². The Morgan fingerprint density at radius 3 is 1.93 bits per heavy atom. The lowest BCUT2D eigenvalue weighted by molar-refractivity contribution is -0.0586. The van der Waals surface area contributed by atoms with Gasteiger partial charge in [-0.3, -0.25) is 9.59 Å². The van der Waals surface area contributed by atoms with Gasteiger partial charge in [-0.05, 0) is 36.4 Å². The quantitative estimate of drug-likeness (QED) is 0.662. The molecule has 0 saturated heterocycles. The van der Waals surface area contributed by atoms with Crippen LogP contribution in [0, 0.1) is 0 Å². The van der Waals surface area contributed by atoms with E-state index in [4.69, 9.17) is 9.57 Å². The van der Waals surface area contributed by atoms with E-state index in [1.807, 2.05) is 6.07 Å². The van der Waals surface area contributed by atoms with Crippen molar-refractivity contribution in [3.8, 4) is 11.5 Å². The van der Waals surface area contributed by atoms with Crippen LogP contribution in [0.5, 0.6) is 11.5 Å². The Morgan fingerprint density at radius 1 is 0.704 bits per heavy atom. The molecule has 0 fully saturated rings. The van der Waals surface area contributed by atoms with Gasteiger partial charge >= 0.3 is 5.97 Å². The number of carbonyl (C=O) groups excluding carboxylic acids is 3. The van der Waals surface area contributed by atoms with Gasteiger partial charge in [0.1, 0.15) is 17.1 Å². The summed E-state index contributed by atoms with van der Waals surface area (Å²) >= 11 is 0. The topological polar surface area (TPSA) is 72.9 Å². The van der Waals surface area contributed by atoms with E-state index < -0.39 is 17.8 Å². The summed E-state index contributed by atoms with van der Waals surface area (Å²) in [4.78, 5) is 42.4. The second-order valence-corrected chi connectivity index (χ2v) is 5.74. The van der Waals surface area contributed by atoms with E-state index in [2.05, 4.69) is 0 Å². The van der Waals surface area contributed by atoms with Crippen LogP contribution in [0.3, 0.4) is 0 Å². The zero-order chi connectivity index (χ0) is 18.8. The lowest BCUT2D eigenvalue weighted by Crippen LogP contribution is -2.32. The zero-order valence-corrected chi connectivity index (χ0v) is 14.0. The fraction of sp³-hybridized carbons (Fsp3) is 0. The summed E-state index contributed by atoms with van der Waals surface area (Å²) < 4.78 is 5.72. The molecule has 0 aromatic heterocycles. The molecule has 0 N–H and O–H groups in total. The number of nitrogens with zero attached hydrogens (tertiary/aromatic N) is 1. The van der Waals surface area contributed by atoms with Gasteiger partial charge < -0.3 is 9.57 Å². The van der Waals surface area contributed by atoms with Crippen molar-refractivity contribution in [1.29, 1.82) is 0 Å². The number of para-hydroxylation sites is 2. The molecule has 3 aromatic carbocycles. The number of benzene rings is 3. The molecule has 6 heteroatoms. The number of hydroxylamine groups is 2. The van der Waals surface area contributed by atoms with E-state index >= 15 is 0 Å². The summed E-state index contributed by atoms with van der Waals surface area (Å²) in [6, 6.07) is 21.7. The third-order valence-electron chi connectivity index (χ3n) is 4.01. The van der Waals surface area contributed by atoms with Gasteiger partial charge in [0.25, 0.3) is 11.8 Å². The maximum Gasteiger partial charge on any atom is 0.367 e. The van der Waals surface area contributed by atoms with Crippen molar-refractivity contribution in [2.24, 2.45) is 0 Å². The predicted octanol–water partition coefficient (Wildman–Crippen LogP) is 3.85. The number of amides is 2. The van der Waals surface area contributed by atoms with Crippen LogP contribution in [-0.2, 0) is 4.84 Å². The standard InChI is InChI=1S/C21H13NO5/c23-19-15-10-4-5-11-16(15)20(24)22(19)27-21(25)17-12-6-7-13-18(17)26-14-8-2-1-3-9-14/h1-13H. The summed E-state index contributed by atoms with van der Waals surface area (Å²) in [5.74, 6) is -1.42. The molecule has 0 spiro atoms. The van der Waals surface area contributed by atoms with Crippen LogP contribution in [0.15, 0.2) is 78.9 Å². The Kier molecular flexibility index (Phi) is 4.14. The molecule has 0 saturated carbocycles. The van der Waals surface area contributed by atoms with Crippen molar-refractivity contribution in [3.63, 3.8) is 0 Å². The van der Waals surface area contributed by atoms with Gasteiger partial charge in [-0.25, -0.2) is 4.79 Å². The average Bonchev–Trinajstić information content (AvgIpc) is 2.94. The lowest BCUT2D eigenvalue weighted by atomic mass is 10.1. The summed E-state index contributed by atoms with van der Waals surface area (Å²) in [5.41, 5.74) is 0.492. The van der Waals surface area contributed by atoms with E-state index in [0.717, 1.165) is 0 Å². The Labute approximate surface area is 154 Å². The molecule has 1 aliphatic heterocycles. The van der Waals surface area contributed by atoms with E-state index in [1.165, 1.54) is 18.2 Å². The molecule has 0 aliphatic carbocycles. The molecular weight excluding hydrogens is 346 g/mol. The van der Waals surface area contributed by atoms with Crippen molar-refractivity contribution in [3.05, 3.63) is 95.6 Å². The van der Waals surface area contributed by atoms with E-state index in [1.54, 1.807) is 54.6 Å². The monoisotopic (exact) mass is 359 g/mol. The van der Waals surface area contributed by atoms with Crippen molar-refractivity contribution >= 4 is 17.8 Å². The molecule has 1 aliphatic rings. The number of rotatable bonds is 4. The first-order valence-electron chi connectivity index (χ1n) is 8.17. The van der Waals surface area contributed by atoms with E-state index in [9.17, 15) is 14.4 Å². The Morgan fingerprint density at radius 2 is 1.26 bits per heavy atom. The number of imide groups is 1. The minimum atomic E-state index is -0.865. The zero-order valence-electron chi connectivity index (χ0n) is 14.0. The van der Waals surface area contributed by atoms with Crippen LogP contribution in [0.2, 0.25) is 0 Å². The molecule has 132 valence electrons. The molecule has 1 heterocycles. The number of hydrogen-bond donors (Lipinski definition) is 0. The van der Waals surface area contributed by atoms with Crippen LogP contribution < -0.4 is 4.74 Å². The third-order valence-corrected chi connectivity index (χ3v) is 4.01. The first-order valence-corrected chi connectivity index (χ1v) is 8.17. The van der Waals surface area contributed by atoms with E-state index in [-0.39, 0.29) is 22.4 Å². The SMILES string of the molecule is O=C(ON1C(=O)c2ccccc2C1=O)c1ccccc1Oc1ccccc1. The highest BCUT2D eigenvalue weighted by molar-refractivity contribution is 6.21. The number of fused-ring (bicyclic) bond motifs is 1. The minimum Gasteiger partial charge on any atom is -0.456 e. The van der Waals surface area contributed by atoms with E-state index in [0.29, 0.717) is 10.8 Å². The van der Waals surface area contributed by atoms with Crippen LogP contribution in [0.4, 0.5) is 0 Å². The number of carbonyl (C=O) groups is 3. The van der Waals surface area contributed by atoms with Gasteiger partial charge in [0, 0.05) is 0 Å². The van der Waals surface area contributed by atoms with Crippen LogP contribution in [-0.4, -0.2) is 22.8 Å². The van der Waals surface area contributed by atoms with Crippen LogP contribution >= 0.6 is 0 Å². The molecular formula is C21H13NO5. The van der Waals surface area contributed by atoms with Crippen molar-refractivity contribution < 1.29 is 24.0 Å². The fourth-order valence-electron chi connectivity index (χ4n) is 2.72. The van der Waals surface area contributed by atoms with Gasteiger partial charge in [-0.2, -0.15) is 0 Å². The molecule has 0 unspecified atom stereocenters. The second kappa shape index (κ2) is 6.76. The van der Waals surface area contributed by atoms with Gasteiger partial charge in [-0.1, -0.05) is 47.5 Å². The van der Waals surface area contributed by atoms with Crippen molar-refractivity contribution in [1.82, 2.24) is 5.06 Å². The maximum atomic E-state index is 12.6. The summed E-state index contributed by atoms with van der Waals surface area (Å²) in [6.07, 6.45) is 0. The Bertz CT molecular complexity index is 1010. The molecule has 0 atom stereocenters. The molecule has 27 heavy (non-hydrogen) atoms. The molecule has 2 amide bonds. The van der Waals surface area contributed by atoms with Crippen LogP contribution in [0.1, 0.15) is 31.1 Å². The largest absolute Gasteiger partial charge is 0.456 e. The fourth-order valence-corrected chi connectivity index (χ4v) is 2.72. The summed E-state index contributed by atoms with van der Waals surface area (Å²) in [6.45, 7) is 0. The molecule has 6 nitrogen and oxygen atoms in total. The minimum absolute atomic E-state index is 0.0953. The predicted molar refractivity (Wildman–Crippen MR) is 95.3 cm³/mol. The Hall–Kier alpha value is -3.93. The third kappa shape index (κ3) is 3.04.